The van der Waals surface area contributed by atoms with Crippen molar-refractivity contribution < 1.29 is 27.4 Å². The summed E-state index contributed by atoms with van der Waals surface area (Å²) in [6, 6.07) is 16.6. The molecule has 180 valence electrons. The minimum absolute atomic E-state index is 0.0337. The highest BCUT2D eigenvalue weighted by Gasteiger charge is 2.29. The summed E-state index contributed by atoms with van der Waals surface area (Å²) < 4.78 is 42.9. The van der Waals surface area contributed by atoms with Gasteiger partial charge in [-0.05, 0) is 36.8 Å². The number of esters is 1. The van der Waals surface area contributed by atoms with Crippen molar-refractivity contribution in [1.82, 2.24) is 0 Å². The van der Waals surface area contributed by atoms with E-state index in [-0.39, 0.29) is 51.0 Å². The monoisotopic (exact) mass is 523 g/mol. The van der Waals surface area contributed by atoms with Crippen molar-refractivity contribution in [3.05, 3.63) is 76.3 Å². The van der Waals surface area contributed by atoms with Crippen molar-refractivity contribution in [2.45, 2.75) is 23.3 Å². The maximum atomic E-state index is 13.5. The summed E-state index contributed by atoms with van der Waals surface area (Å²) in [5.74, 6) is 0.0566. The Hall–Kier alpha value is -2.94. The Balaban J connectivity index is 2.06. The fourth-order valence-electron chi connectivity index (χ4n) is 3.05. The van der Waals surface area contributed by atoms with Crippen LogP contribution in [0.1, 0.15) is 12.5 Å². The number of methoxy groups -OCH3 is 1. The first-order chi connectivity index (χ1) is 16.3. The van der Waals surface area contributed by atoms with Crippen molar-refractivity contribution >= 4 is 44.7 Å². The summed E-state index contributed by atoms with van der Waals surface area (Å²) in [7, 11) is -2.68. The van der Waals surface area contributed by atoms with Crippen LogP contribution in [0.15, 0.2) is 70.5 Å². The molecule has 0 saturated carbocycles. The third-order valence-corrected chi connectivity index (χ3v) is 7.56. The molecule has 34 heavy (non-hydrogen) atoms. The lowest BCUT2D eigenvalue weighted by Gasteiger charge is -2.18. The molecule has 0 bridgehead atoms. The van der Waals surface area contributed by atoms with Crippen molar-refractivity contribution in [3.8, 4) is 11.5 Å². The summed E-state index contributed by atoms with van der Waals surface area (Å²) in [5, 5.41) is 2.48. The standard InChI is InChI=1S/C24H23Cl2NO6S/c1-3-32-21(28)14-27-19-13-20(33-15-16-7-5-4-6-8-16)23(26)24(22(19)25)34(29,30)18-11-9-17(31-2)10-12-18/h4-13,27H,3,14-15H2,1-2H3. The first kappa shape index (κ1) is 25.7. The third kappa shape index (κ3) is 5.94. The molecular formula is C24H23Cl2NO6S. The minimum atomic E-state index is -4.16. The zero-order valence-electron chi connectivity index (χ0n) is 18.5. The average molecular weight is 524 g/mol. The molecule has 10 heteroatoms. The number of sulfone groups is 1. The van der Waals surface area contributed by atoms with Crippen molar-refractivity contribution in [2.75, 3.05) is 25.6 Å². The van der Waals surface area contributed by atoms with E-state index in [4.69, 9.17) is 37.4 Å². The van der Waals surface area contributed by atoms with Crippen LogP contribution in [0.4, 0.5) is 5.69 Å². The van der Waals surface area contributed by atoms with Gasteiger partial charge in [0.15, 0.2) is 0 Å². The number of carbonyl (C=O) groups is 1. The molecule has 3 aromatic rings. The summed E-state index contributed by atoms with van der Waals surface area (Å²) in [5.41, 5.74) is 1.02. The van der Waals surface area contributed by atoms with Gasteiger partial charge in [0.05, 0.1) is 29.3 Å². The highest BCUT2D eigenvalue weighted by Crippen LogP contribution is 2.44. The van der Waals surface area contributed by atoms with Gasteiger partial charge in [-0.25, -0.2) is 8.42 Å². The van der Waals surface area contributed by atoms with E-state index in [1.165, 1.54) is 37.4 Å². The number of hydrogen-bond donors (Lipinski definition) is 1. The smallest absolute Gasteiger partial charge is 0.325 e. The van der Waals surface area contributed by atoms with Gasteiger partial charge in [0, 0.05) is 6.07 Å². The van der Waals surface area contributed by atoms with Crippen LogP contribution in [0.3, 0.4) is 0 Å². The van der Waals surface area contributed by atoms with E-state index < -0.39 is 15.8 Å². The lowest BCUT2D eigenvalue weighted by atomic mass is 10.2. The second-order valence-corrected chi connectivity index (χ2v) is 9.63. The second-order valence-electron chi connectivity index (χ2n) is 6.99. The SMILES string of the molecule is CCOC(=O)CNc1cc(OCc2ccccc2)c(Cl)c(S(=O)(=O)c2ccc(OC)cc2)c1Cl. The average Bonchev–Trinajstić information content (AvgIpc) is 2.83. The lowest BCUT2D eigenvalue weighted by Crippen LogP contribution is -2.17. The highest BCUT2D eigenvalue weighted by molar-refractivity contribution is 7.91. The Kier molecular flexibility index (Phi) is 8.66. The summed E-state index contributed by atoms with van der Waals surface area (Å²) in [6.07, 6.45) is 0. The van der Waals surface area contributed by atoms with Crippen LogP contribution in [-0.4, -0.2) is 34.6 Å². The van der Waals surface area contributed by atoms with E-state index in [1.54, 1.807) is 6.92 Å². The number of ether oxygens (including phenoxy) is 3. The van der Waals surface area contributed by atoms with Gasteiger partial charge < -0.3 is 19.5 Å². The molecule has 0 aliphatic carbocycles. The normalized spacial score (nSPS) is 11.1. The first-order valence-electron chi connectivity index (χ1n) is 10.2. The maximum Gasteiger partial charge on any atom is 0.325 e. The Labute approximate surface area is 208 Å². The molecule has 0 amide bonds. The van der Waals surface area contributed by atoms with Gasteiger partial charge in [-0.3, -0.25) is 4.79 Å². The van der Waals surface area contributed by atoms with Crippen LogP contribution in [0.25, 0.3) is 0 Å². The molecule has 1 N–H and O–H groups in total. The fraction of sp³-hybridized carbons (Fsp3) is 0.208. The van der Waals surface area contributed by atoms with E-state index in [9.17, 15) is 13.2 Å². The van der Waals surface area contributed by atoms with Crippen molar-refractivity contribution in [3.63, 3.8) is 0 Å². The number of hydrogen-bond acceptors (Lipinski definition) is 7. The fourth-order valence-corrected chi connectivity index (χ4v) is 5.54. The molecule has 0 aromatic heterocycles. The Bertz CT molecular complexity index is 1250. The molecule has 0 heterocycles. The lowest BCUT2D eigenvalue weighted by molar-refractivity contribution is -0.140. The Morgan fingerprint density at radius 2 is 1.68 bits per heavy atom. The van der Waals surface area contributed by atoms with Gasteiger partial charge in [-0.2, -0.15) is 0 Å². The molecule has 3 rings (SSSR count). The van der Waals surface area contributed by atoms with E-state index in [2.05, 4.69) is 5.32 Å². The molecule has 0 saturated heterocycles. The largest absolute Gasteiger partial charge is 0.497 e. The zero-order valence-corrected chi connectivity index (χ0v) is 20.8. The molecule has 0 fully saturated rings. The van der Waals surface area contributed by atoms with E-state index in [1.807, 2.05) is 30.3 Å². The maximum absolute atomic E-state index is 13.5. The molecule has 0 aliphatic heterocycles. The quantitative estimate of drug-likeness (QED) is 0.356. The molecule has 0 unspecified atom stereocenters. The molecule has 0 atom stereocenters. The number of nitrogens with one attached hydrogen (secondary N) is 1. The van der Waals surface area contributed by atoms with Crippen molar-refractivity contribution in [1.29, 1.82) is 0 Å². The predicted molar refractivity (Wildman–Crippen MR) is 131 cm³/mol. The molecule has 0 radical (unpaired) electrons. The van der Waals surface area contributed by atoms with Crippen molar-refractivity contribution in [2.24, 2.45) is 0 Å². The minimum Gasteiger partial charge on any atom is -0.497 e. The van der Waals surface area contributed by atoms with Crippen LogP contribution in [-0.2, 0) is 26.0 Å². The number of anilines is 1. The highest BCUT2D eigenvalue weighted by atomic mass is 35.5. The van der Waals surface area contributed by atoms with Crippen LogP contribution in [0, 0.1) is 0 Å². The number of halogens is 2. The molecule has 3 aromatic carbocycles. The van der Waals surface area contributed by atoms with Gasteiger partial charge in [-0.1, -0.05) is 53.5 Å². The van der Waals surface area contributed by atoms with Crippen LogP contribution < -0.4 is 14.8 Å². The van der Waals surface area contributed by atoms with Crippen LogP contribution in [0.2, 0.25) is 10.0 Å². The van der Waals surface area contributed by atoms with Gasteiger partial charge >= 0.3 is 5.97 Å². The van der Waals surface area contributed by atoms with Gasteiger partial charge in [0.2, 0.25) is 9.84 Å². The Morgan fingerprint density at radius 1 is 1.00 bits per heavy atom. The van der Waals surface area contributed by atoms with Gasteiger partial charge in [0.1, 0.15) is 34.6 Å². The van der Waals surface area contributed by atoms with Gasteiger partial charge in [-0.15, -0.1) is 0 Å². The first-order valence-corrected chi connectivity index (χ1v) is 12.5. The predicted octanol–water partition coefficient (Wildman–Crippen LogP) is 5.39. The zero-order chi connectivity index (χ0) is 24.7. The molecule has 7 nitrogen and oxygen atoms in total. The number of carbonyl (C=O) groups excluding carboxylic acids is 1. The van der Waals surface area contributed by atoms with Crippen LogP contribution in [0.5, 0.6) is 11.5 Å². The van der Waals surface area contributed by atoms with E-state index in [0.29, 0.717) is 5.75 Å². The van der Waals surface area contributed by atoms with Gasteiger partial charge in [0.25, 0.3) is 0 Å². The second kappa shape index (κ2) is 11.5. The van der Waals surface area contributed by atoms with Crippen LogP contribution >= 0.6 is 23.2 Å². The molecular weight excluding hydrogens is 501 g/mol. The third-order valence-electron chi connectivity index (χ3n) is 4.73. The molecule has 0 spiro atoms. The number of benzene rings is 3. The Morgan fingerprint density at radius 3 is 2.29 bits per heavy atom. The topological polar surface area (TPSA) is 90.9 Å². The summed E-state index contributed by atoms with van der Waals surface area (Å²) >= 11 is 13.0. The molecule has 0 aliphatic rings. The van der Waals surface area contributed by atoms with E-state index in [0.717, 1.165) is 5.56 Å². The summed E-state index contributed by atoms with van der Waals surface area (Å²) in [6.45, 7) is 1.80. The van der Waals surface area contributed by atoms with E-state index >= 15 is 0 Å². The number of rotatable bonds is 10. The summed E-state index contributed by atoms with van der Waals surface area (Å²) in [4.78, 5) is 11.5.